The van der Waals surface area contributed by atoms with E-state index < -0.39 is 0 Å². The Balaban J connectivity index is 1.32. The van der Waals surface area contributed by atoms with E-state index in [1.54, 1.807) is 0 Å². The fraction of sp³-hybridized carbons (Fsp3) is 0.348. The molecule has 1 N–H and O–H groups in total. The van der Waals surface area contributed by atoms with Crippen LogP contribution >= 0.6 is 0 Å². The summed E-state index contributed by atoms with van der Waals surface area (Å²) in [4.78, 5) is 18.9. The van der Waals surface area contributed by atoms with Crippen LogP contribution in [0.2, 0.25) is 0 Å². The second kappa shape index (κ2) is 8.90. The van der Waals surface area contributed by atoms with Crippen molar-refractivity contribution in [3.8, 4) is 11.4 Å². The van der Waals surface area contributed by atoms with Gasteiger partial charge in [-0.25, -0.2) is 0 Å². The lowest BCUT2D eigenvalue weighted by atomic mass is 9.98. The van der Waals surface area contributed by atoms with E-state index in [0.29, 0.717) is 18.1 Å². The molecule has 0 aliphatic carbocycles. The quantitative estimate of drug-likeness (QED) is 0.693. The Morgan fingerprint density at radius 3 is 2.55 bits per heavy atom. The van der Waals surface area contributed by atoms with Crippen LogP contribution in [0.25, 0.3) is 11.4 Å². The molecule has 150 valence electrons. The molecule has 2 aromatic carbocycles. The van der Waals surface area contributed by atoms with E-state index in [4.69, 9.17) is 4.52 Å². The molecule has 2 heterocycles. The van der Waals surface area contributed by atoms with Crippen molar-refractivity contribution in [2.75, 3.05) is 18.0 Å². The van der Waals surface area contributed by atoms with Crippen molar-refractivity contribution >= 4 is 11.6 Å². The summed E-state index contributed by atoms with van der Waals surface area (Å²) in [5.41, 5.74) is 3.11. The summed E-state index contributed by atoms with van der Waals surface area (Å²) in [7, 11) is 0. The smallest absolute Gasteiger partial charge is 0.246 e. The highest BCUT2D eigenvalue weighted by Crippen LogP contribution is 2.25. The van der Waals surface area contributed by atoms with Gasteiger partial charge < -0.3 is 14.7 Å². The molecule has 1 aromatic heterocycles. The number of carbonyl (C=O) groups is 1. The van der Waals surface area contributed by atoms with Crippen LogP contribution in [0.5, 0.6) is 0 Å². The molecular formula is C23H26N4O2. The summed E-state index contributed by atoms with van der Waals surface area (Å²) in [5.74, 6) is 1.68. The first-order chi connectivity index (χ1) is 14.2. The van der Waals surface area contributed by atoms with E-state index in [2.05, 4.69) is 39.4 Å². The number of anilines is 1. The SMILES string of the molecule is CC1CCN(c2ccc(-c3noc(CNC(=O)Cc4ccccc4)n3)cc2)CC1. The van der Waals surface area contributed by atoms with Crippen molar-refractivity contribution in [1.82, 2.24) is 15.5 Å². The van der Waals surface area contributed by atoms with E-state index in [1.165, 1.54) is 18.5 Å². The number of carbonyl (C=O) groups excluding carboxylic acids is 1. The Morgan fingerprint density at radius 2 is 1.83 bits per heavy atom. The Hall–Kier alpha value is -3.15. The van der Waals surface area contributed by atoms with Gasteiger partial charge in [-0.1, -0.05) is 42.4 Å². The fourth-order valence-electron chi connectivity index (χ4n) is 3.55. The highest BCUT2D eigenvalue weighted by Gasteiger charge is 2.16. The van der Waals surface area contributed by atoms with E-state index in [9.17, 15) is 4.79 Å². The summed E-state index contributed by atoms with van der Waals surface area (Å²) < 4.78 is 5.29. The van der Waals surface area contributed by atoms with Crippen LogP contribution in [-0.2, 0) is 17.8 Å². The number of rotatable bonds is 6. The second-order valence-electron chi connectivity index (χ2n) is 7.67. The number of nitrogens with one attached hydrogen (secondary N) is 1. The topological polar surface area (TPSA) is 71.3 Å². The van der Waals surface area contributed by atoms with Gasteiger partial charge in [-0.15, -0.1) is 0 Å². The first kappa shape index (κ1) is 19.2. The number of piperidine rings is 1. The molecular weight excluding hydrogens is 364 g/mol. The third kappa shape index (κ3) is 5.02. The summed E-state index contributed by atoms with van der Waals surface area (Å²) in [6, 6.07) is 17.9. The van der Waals surface area contributed by atoms with Gasteiger partial charge in [0.25, 0.3) is 0 Å². The van der Waals surface area contributed by atoms with E-state index in [1.807, 2.05) is 42.5 Å². The third-order valence-corrected chi connectivity index (χ3v) is 5.39. The van der Waals surface area contributed by atoms with Crippen LogP contribution in [0.15, 0.2) is 59.1 Å². The summed E-state index contributed by atoms with van der Waals surface area (Å²) in [6.45, 7) is 4.76. The van der Waals surface area contributed by atoms with Gasteiger partial charge in [0.15, 0.2) is 0 Å². The van der Waals surface area contributed by atoms with E-state index in [-0.39, 0.29) is 12.5 Å². The van der Waals surface area contributed by atoms with Crippen LogP contribution < -0.4 is 10.2 Å². The van der Waals surface area contributed by atoms with Gasteiger partial charge in [-0.2, -0.15) is 4.98 Å². The van der Waals surface area contributed by atoms with Gasteiger partial charge in [0.1, 0.15) is 0 Å². The number of hydrogen-bond donors (Lipinski definition) is 1. The number of nitrogens with zero attached hydrogens (tertiary/aromatic N) is 3. The Morgan fingerprint density at radius 1 is 1.10 bits per heavy atom. The van der Waals surface area contributed by atoms with Crippen LogP contribution in [0, 0.1) is 5.92 Å². The molecule has 4 rings (SSSR count). The zero-order chi connectivity index (χ0) is 20.1. The molecule has 0 bridgehead atoms. The largest absolute Gasteiger partial charge is 0.372 e. The van der Waals surface area contributed by atoms with Crippen molar-refractivity contribution in [1.29, 1.82) is 0 Å². The van der Waals surface area contributed by atoms with Gasteiger partial charge in [0.2, 0.25) is 17.6 Å². The maximum atomic E-state index is 12.1. The number of benzene rings is 2. The number of amides is 1. The van der Waals surface area contributed by atoms with E-state index >= 15 is 0 Å². The second-order valence-corrected chi connectivity index (χ2v) is 7.67. The highest BCUT2D eigenvalue weighted by atomic mass is 16.5. The molecule has 1 aliphatic heterocycles. The molecule has 6 nitrogen and oxygen atoms in total. The predicted octanol–water partition coefficient (Wildman–Crippen LogP) is 3.83. The standard InChI is InChI=1S/C23H26N4O2/c1-17-11-13-27(14-12-17)20-9-7-19(8-10-20)23-25-22(29-26-23)16-24-21(28)15-18-5-3-2-4-6-18/h2-10,17H,11-16H2,1H3,(H,24,28). The third-order valence-electron chi connectivity index (χ3n) is 5.39. The van der Waals surface area contributed by atoms with Gasteiger partial charge in [0, 0.05) is 24.3 Å². The monoisotopic (exact) mass is 390 g/mol. The minimum Gasteiger partial charge on any atom is -0.372 e. The molecule has 0 unspecified atom stereocenters. The first-order valence-electron chi connectivity index (χ1n) is 10.2. The maximum absolute atomic E-state index is 12.1. The van der Waals surface area contributed by atoms with Crippen molar-refractivity contribution in [2.45, 2.75) is 32.7 Å². The summed E-state index contributed by atoms with van der Waals surface area (Å²) in [5, 5.41) is 6.88. The Bertz CT molecular complexity index is 929. The lowest BCUT2D eigenvalue weighted by molar-refractivity contribution is -0.120. The van der Waals surface area contributed by atoms with Gasteiger partial charge in [0.05, 0.1) is 13.0 Å². The van der Waals surface area contributed by atoms with Crippen molar-refractivity contribution in [3.63, 3.8) is 0 Å². The van der Waals surface area contributed by atoms with Crippen LogP contribution in [0.4, 0.5) is 5.69 Å². The van der Waals surface area contributed by atoms with Crippen molar-refractivity contribution < 1.29 is 9.32 Å². The Labute approximate surface area is 170 Å². The molecule has 0 radical (unpaired) electrons. The molecule has 1 fully saturated rings. The minimum atomic E-state index is -0.0730. The van der Waals surface area contributed by atoms with E-state index in [0.717, 1.165) is 30.1 Å². The van der Waals surface area contributed by atoms with Gasteiger partial charge in [-0.3, -0.25) is 4.79 Å². The fourth-order valence-corrected chi connectivity index (χ4v) is 3.55. The molecule has 1 amide bonds. The number of aromatic nitrogens is 2. The molecule has 29 heavy (non-hydrogen) atoms. The predicted molar refractivity (Wildman–Crippen MR) is 112 cm³/mol. The van der Waals surface area contributed by atoms with Crippen LogP contribution in [0.1, 0.15) is 31.2 Å². The molecule has 0 saturated carbocycles. The lowest BCUT2D eigenvalue weighted by Crippen LogP contribution is -2.32. The normalized spacial score (nSPS) is 14.7. The molecule has 0 spiro atoms. The molecule has 1 aliphatic rings. The average Bonchev–Trinajstić information content (AvgIpc) is 3.23. The lowest BCUT2D eigenvalue weighted by Gasteiger charge is -2.32. The minimum absolute atomic E-state index is 0.0730. The summed E-state index contributed by atoms with van der Waals surface area (Å²) >= 11 is 0. The molecule has 1 saturated heterocycles. The van der Waals surface area contributed by atoms with Crippen LogP contribution in [0.3, 0.4) is 0 Å². The molecule has 0 atom stereocenters. The zero-order valence-electron chi connectivity index (χ0n) is 16.7. The van der Waals surface area contributed by atoms with Crippen LogP contribution in [-0.4, -0.2) is 29.1 Å². The number of hydrogen-bond acceptors (Lipinski definition) is 5. The molecule has 3 aromatic rings. The Kier molecular flexibility index (Phi) is 5.89. The first-order valence-corrected chi connectivity index (χ1v) is 10.2. The van der Waals surface area contributed by atoms with Crippen molar-refractivity contribution in [2.24, 2.45) is 5.92 Å². The maximum Gasteiger partial charge on any atom is 0.246 e. The highest BCUT2D eigenvalue weighted by molar-refractivity contribution is 5.78. The molecule has 6 heteroatoms. The zero-order valence-corrected chi connectivity index (χ0v) is 16.7. The summed E-state index contributed by atoms with van der Waals surface area (Å²) in [6.07, 6.45) is 2.82. The average molecular weight is 390 g/mol. The van der Waals surface area contributed by atoms with Gasteiger partial charge in [-0.05, 0) is 48.6 Å². The van der Waals surface area contributed by atoms with Crippen molar-refractivity contribution in [3.05, 3.63) is 66.1 Å². The van der Waals surface area contributed by atoms with Gasteiger partial charge >= 0.3 is 0 Å².